The second-order valence-corrected chi connectivity index (χ2v) is 6.02. The smallest absolute Gasteiger partial charge is 0.163 e. The van der Waals surface area contributed by atoms with E-state index in [0.29, 0.717) is 23.0 Å². The minimum absolute atomic E-state index is 0.550. The van der Waals surface area contributed by atoms with Gasteiger partial charge in [-0.1, -0.05) is 48.5 Å². The van der Waals surface area contributed by atoms with Crippen LogP contribution in [0.5, 0.6) is 0 Å². The van der Waals surface area contributed by atoms with E-state index in [-0.39, 0.29) is 0 Å². The van der Waals surface area contributed by atoms with Crippen molar-refractivity contribution in [2.45, 2.75) is 0 Å². The Labute approximate surface area is 162 Å². The molecular formula is C22H18N6. The first-order chi connectivity index (χ1) is 13.8. The molecule has 0 aliphatic carbocycles. The monoisotopic (exact) mass is 366 g/mol. The number of nitrogens with zero attached hydrogens (tertiary/aromatic N) is 3. The summed E-state index contributed by atoms with van der Waals surface area (Å²) in [6, 6.07) is 23.2. The Bertz CT molecular complexity index is 1000. The molecule has 0 fully saturated rings. The molecule has 136 valence electrons. The molecule has 0 saturated heterocycles. The maximum absolute atomic E-state index is 7.93. The summed E-state index contributed by atoms with van der Waals surface area (Å²) < 4.78 is 0. The number of anilines is 4. The van der Waals surface area contributed by atoms with Gasteiger partial charge in [0.15, 0.2) is 5.82 Å². The average molecular weight is 366 g/mol. The third-order valence-electron chi connectivity index (χ3n) is 4.10. The van der Waals surface area contributed by atoms with E-state index in [1.165, 1.54) is 6.21 Å². The fraction of sp³-hybridized carbons (Fsp3) is 0. The molecule has 2 heterocycles. The van der Waals surface area contributed by atoms with Gasteiger partial charge in [-0.25, -0.2) is 9.97 Å². The Morgan fingerprint density at radius 3 is 1.79 bits per heavy atom. The van der Waals surface area contributed by atoms with E-state index in [4.69, 9.17) is 5.41 Å². The highest BCUT2D eigenvalue weighted by Gasteiger charge is 2.15. The van der Waals surface area contributed by atoms with Crippen LogP contribution < -0.4 is 10.6 Å². The van der Waals surface area contributed by atoms with Gasteiger partial charge in [0.2, 0.25) is 0 Å². The van der Waals surface area contributed by atoms with E-state index in [2.05, 4.69) is 25.6 Å². The van der Waals surface area contributed by atoms with Crippen LogP contribution in [-0.4, -0.2) is 21.2 Å². The average Bonchev–Trinajstić information content (AvgIpc) is 2.76. The third kappa shape index (κ3) is 3.86. The van der Waals surface area contributed by atoms with Gasteiger partial charge in [0.05, 0.1) is 5.56 Å². The topological polar surface area (TPSA) is 86.6 Å². The normalized spacial score (nSPS) is 10.3. The van der Waals surface area contributed by atoms with Crippen LogP contribution in [0.2, 0.25) is 0 Å². The number of hydrogen-bond donors (Lipinski definition) is 3. The van der Waals surface area contributed by atoms with Crippen LogP contribution >= 0.6 is 0 Å². The molecule has 4 aromatic rings. The Kier molecular flexibility index (Phi) is 5.02. The highest BCUT2D eigenvalue weighted by Crippen LogP contribution is 2.28. The van der Waals surface area contributed by atoms with Crippen LogP contribution in [0.1, 0.15) is 5.56 Å². The number of rotatable bonds is 6. The van der Waals surface area contributed by atoms with Gasteiger partial charge >= 0.3 is 0 Å². The van der Waals surface area contributed by atoms with E-state index in [1.54, 1.807) is 12.4 Å². The van der Waals surface area contributed by atoms with Crippen molar-refractivity contribution in [1.82, 2.24) is 15.0 Å². The first-order valence-corrected chi connectivity index (χ1v) is 8.80. The lowest BCUT2D eigenvalue weighted by molar-refractivity contribution is 1.16. The molecule has 2 aromatic carbocycles. The van der Waals surface area contributed by atoms with E-state index in [9.17, 15) is 0 Å². The number of nitrogens with one attached hydrogen (secondary N) is 3. The van der Waals surface area contributed by atoms with Crippen LogP contribution in [0.4, 0.5) is 23.0 Å². The fourth-order valence-corrected chi connectivity index (χ4v) is 2.74. The standard InChI is InChI=1S/C22H18N6/c23-15-19-21(25-17-9-5-2-6-10-17)27-20(16-7-3-1-4-8-16)28-22(19)26-18-11-13-24-14-12-18/h1-15,23H,(H2,24,25,26,27,28). The summed E-state index contributed by atoms with van der Waals surface area (Å²) in [5.41, 5.74) is 3.19. The zero-order valence-electron chi connectivity index (χ0n) is 15.0. The van der Waals surface area contributed by atoms with Gasteiger partial charge in [0.25, 0.3) is 0 Å². The van der Waals surface area contributed by atoms with Crippen molar-refractivity contribution < 1.29 is 0 Å². The summed E-state index contributed by atoms with van der Waals surface area (Å²) in [7, 11) is 0. The van der Waals surface area contributed by atoms with E-state index in [0.717, 1.165) is 16.9 Å². The molecule has 2 aromatic heterocycles. The summed E-state index contributed by atoms with van der Waals surface area (Å²) in [5, 5.41) is 14.5. The molecule has 0 amide bonds. The lowest BCUT2D eigenvalue weighted by Crippen LogP contribution is -2.07. The van der Waals surface area contributed by atoms with Crippen molar-refractivity contribution in [1.29, 1.82) is 5.41 Å². The predicted molar refractivity (Wildman–Crippen MR) is 113 cm³/mol. The lowest BCUT2D eigenvalue weighted by Gasteiger charge is -2.15. The first kappa shape index (κ1) is 17.4. The zero-order valence-corrected chi connectivity index (χ0v) is 15.0. The molecule has 0 saturated carbocycles. The van der Waals surface area contributed by atoms with Gasteiger partial charge in [0.1, 0.15) is 11.6 Å². The third-order valence-corrected chi connectivity index (χ3v) is 4.10. The van der Waals surface area contributed by atoms with Crippen molar-refractivity contribution in [3.05, 3.63) is 90.8 Å². The largest absolute Gasteiger partial charge is 0.340 e. The van der Waals surface area contributed by atoms with Gasteiger partial charge in [-0.05, 0) is 24.3 Å². The van der Waals surface area contributed by atoms with Crippen molar-refractivity contribution in [3.8, 4) is 11.4 Å². The minimum Gasteiger partial charge on any atom is -0.340 e. The molecule has 0 spiro atoms. The predicted octanol–water partition coefficient (Wildman–Crippen LogP) is 5.02. The number of hydrogen-bond acceptors (Lipinski definition) is 6. The van der Waals surface area contributed by atoms with E-state index >= 15 is 0 Å². The Morgan fingerprint density at radius 1 is 0.679 bits per heavy atom. The Morgan fingerprint density at radius 2 is 1.21 bits per heavy atom. The molecule has 6 heteroatoms. The molecule has 0 aliphatic rings. The van der Waals surface area contributed by atoms with Crippen LogP contribution in [0.15, 0.2) is 85.2 Å². The summed E-state index contributed by atoms with van der Waals surface area (Å²) in [4.78, 5) is 13.4. The quantitative estimate of drug-likeness (QED) is 0.417. The Hall–Kier alpha value is -4.06. The lowest BCUT2D eigenvalue weighted by atomic mass is 10.2. The molecule has 0 atom stereocenters. The molecule has 0 unspecified atom stereocenters. The molecule has 4 rings (SSSR count). The van der Waals surface area contributed by atoms with Gasteiger partial charge in [0, 0.05) is 35.5 Å². The van der Waals surface area contributed by atoms with Crippen LogP contribution in [-0.2, 0) is 0 Å². The van der Waals surface area contributed by atoms with Gasteiger partial charge in [-0.2, -0.15) is 0 Å². The Balaban J connectivity index is 1.83. The molecule has 6 nitrogen and oxygen atoms in total. The van der Waals surface area contributed by atoms with Crippen LogP contribution in [0.25, 0.3) is 11.4 Å². The number of pyridine rings is 1. The molecule has 3 N–H and O–H groups in total. The molecule has 0 aliphatic heterocycles. The van der Waals surface area contributed by atoms with Crippen LogP contribution in [0.3, 0.4) is 0 Å². The summed E-state index contributed by atoms with van der Waals surface area (Å²) in [5.74, 6) is 1.68. The minimum atomic E-state index is 0.550. The SMILES string of the molecule is N=Cc1c(Nc2ccccc2)nc(-c2ccccc2)nc1Nc1ccncc1. The molecule has 28 heavy (non-hydrogen) atoms. The second-order valence-electron chi connectivity index (χ2n) is 6.02. The van der Waals surface area contributed by atoms with Crippen molar-refractivity contribution >= 4 is 29.2 Å². The second kappa shape index (κ2) is 8.09. The summed E-state index contributed by atoms with van der Waals surface area (Å²) in [6.07, 6.45) is 4.66. The molecule has 0 bridgehead atoms. The van der Waals surface area contributed by atoms with Gasteiger partial charge in [-0.3, -0.25) is 4.98 Å². The summed E-state index contributed by atoms with van der Waals surface area (Å²) >= 11 is 0. The van der Waals surface area contributed by atoms with Gasteiger partial charge < -0.3 is 16.0 Å². The zero-order chi connectivity index (χ0) is 19.2. The van der Waals surface area contributed by atoms with E-state index < -0.39 is 0 Å². The number of para-hydroxylation sites is 1. The highest BCUT2D eigenvalue weighted by atomic mass is 15.1. The van der Waals surface area contributed by atoms with E-state index in [1.807, 2.05) is 72.8 Å². The number of benzene rings is 2. The van der Waals surface area contributed by atoms with Crippen molar-refractivity contribution in [2.24, 2.45) is 0 Å². The summed E-state index contributed by atoms with van der Waals surface area (Å²) in [6.45, 7) is 0. The van der Waals surface area contributed by atoms with Crippen molar-refractivity contribution in [2.75, 3.05) is 10.6 Å². The maximum Gasteiger partial charge on any atom is 0.163 e. The molecule has 0 radical (unpaired) electrons. The van der Waals surface area contributed by atoms with Gasteiger partial charge in [-0.15, -0.1) is 0 Å². The maximum atomic E-state index is 7.93. The first-order valence-electron chi connectivity index (χ1n) is 8.80. The fourth-order valence-electron chi connectivity index (χ4n) is 2.74. The number of aromatic nitrogens is 3. The highest BCUT2D eigenvalue weighted by molar-refractivity contribution is 5.93. The van der Waals surface area contributed by atoms with Crippen molar-refractivity contribution in [3.63, 3.8) is 0 Å². The molecular weight excluding hydrogens is 348 g/mol. The van der Waals surface area contributed by atoms with Crippen LogP contribution in [0, 0.1) is 5.41 Å².